The number of pyridine rings is 1. The summed E-state index contributed by atoms with van der Waals surface area (Å²) in [5.74, 6) is 0.199. The van der Waals surface area contributed by atoms with Crippen LogP contribution < -0.4 is 10.1 Å². The summed E-state index contributed by atoms with van der Waals surface area (Å²) in [5, 5.41) is 2.88. The van der Waals surface area contributed by atoms with E-state index < -0.39 is 0 Å². The van der Waals surface area contributed by atoms with E-state index >= 15 is 0 Å². The van der Waals surface area contributed by atoms with Gasteiger partial charge in [-0.2, -0.15) is 0 Å². The lowest BCUT2D eigenvalue weighted by molar-refractivity contribution is 0.0383. The van der Waals surface area contributed by atoms with Crippen LogP contribution in [0.2, 0.25) is 0 Å². The van der Waals surface area contributed by atoms with Crippen molar-refractivity contribution in [2.45, 2.75) is 0 Å². The van der Waals surface area contributed by atoms with Crippen LogP contribution in [0.25, 0.3) is 0 Å². The second-order valence-corrected chi connectivity index (χ2v) is 4.27. The monoisotopic (exact) mass is 265 g/mol. The number of aromatic nitrogens is 1. The maximum Gasteiger partial charge on any atom is 0.256 e. The lowest BCUT2D eigenvalue weighted by atomic mass is 10.2. The fourth-order valence-electron chi connectivity index (χ4n) is 1.97. The second kappa shape index (κ2) is 7.06. The fraction of sp³-hybridized carbons (Fsp3) is 0.538. The van der Waals surface area contributed by atoms with Crippen LogP contribution in [-0.4, -0.2) is 62.3 Å². The predicted octanol–water partition coefficient (Wildman–Crippen LogP) is 0.152. The Bertz CT molecular complexity index is 419. The average molecular weight is 265 g/mol. The van der Waals surface area contributed by atoms with Gasteiger partial charge in [0.25, 0.3) is 5.91 Å². The van der Waals surface area contributed by atoms with Crippen molar-refractivity contribution in [1.82, 2.24) is 15.2 Å². The van der Waals surface area contributed by atoms with E-state index in [-0.39, 0.29) is 5.91 Å². The molecule has 1 aromatic heterocycles. The van der Waals surface area contributed by atoms with Gasteiger partial charge in [0.2, 0.25) is 5.88 Å². The molecule has 2 rings (SSSR count). The number of amides is 1. The normalized spacial score (nSPS) is 16.1. The molecule has 0 spiro atoms. The number of carbonyl (C=O) groups is 1. The van der Waals surface area contributed by atoms with Crippen molar-refractivity contribution in [2.75, 3.05) is 46.5 Å². The first-order valence-electron chi connectivity index (χ1n) is 6.38. The van der Waals surface area contributed by atoms with E-state index in [1.807, 2.05) is 0 Å². The first kappa shape index (κ1) is 13.8. The van der Waals surface area contributed by atoms with Crippen LogP contribution in [0.3, 0.4) is 0 Å². The zero-order valence-electron chi connectivity index (χ0n) is 11.1. The van der Waals surface area contributed by atoms with Crippen molar-refractivity contribution in [1.29, 1.82) is 0 Å². The lowest BCUT2D eigenvalue weighted by Gasteiger charge is -2.26. The Morgan fingerprint density at radius 2 is 2.32 bits per heavy atom. The van der Waals surface area contributed by atoms with Crippen LogP contribution in [0.5, 0.6) is 5.88 Å². The Kier molecular flexibility index (Phi) is 5.11. The third kappa shape index (κ3) is 3.90. The summed E-state index contributed by atoms with van der Waals surface area (Å²) < 4.78 is 10.3. The Morgan fingerprint density at radius 3 is 3.05 bits per heavy atom. The molecule has 0 radical (unpaired) electrons. The minimum Gasteiger partial charge on any atom is -0.480 e. The number of hydrogen-bond acceptors (Lipinski definition) is 5. The third-order valence-corrected chi connectivity index (χ3v) is 3.03. The molecule has 1 aliphatic heterocycles. The molecule has 0 saturated carbocycles. The highest BCUT2D eigenvalue weighted by molar-refractivity contribution is 5.96. The molecule has 1 N–H and O–H groups in total. The summed E-state index contributed by atoms with van der Waals surface area (Å²) in [6.07, 6.45) is 1.60. The van der Waals surface area contributed by atoms with Crippen LogP contribution in [-0.2, 0) is 4.74 Å². The molecule has 0 atom stereocenters. The minimum absolute atomic E-state index is 0.154. The average Bonchev–Trinajstić information content (AvgIpc) is 2.48. The van der Waals surface area contributed by atoms with Gasteiger partial charge in [-0.15, -0.1) is 0 Å². The molecule has 1 amide bonds. The van der Waals surface area contributed by atoms with Crippen molar-refractivity contribution in [3.05, 3.63) is 23.9 Å². The van der Waals surface area contributed by atoms with Crippen molar-refractivity contribution in [3.8, 4) is 5.88 Å². The van der Waals surface area contributed by atoms with Crippen molar-refractivity contribution >= 4 is 5.91 Å². The van der Waals surface area contributed by atoms with Gasteiger partial charge >= 0.3 is 0 Å². The molecule has 1 saturated heterocycles. The Morgan fingerprint density at radius 1 is 1.53 bits per heavy atom. The maximum atomic E-state index is 12.0. The van der Waals surface area contributed by atoms with E-state index in [1.54, 1.807) is 18.3 Å². The van der Waals surface area contributed by atoms with Gasteiger partial charge in [-0.3, -0.25) is 9.69 Å². The first-order chi connectivity index (χ1) is 9.31. The molecule has 1 aliphatic rings. The molecule has 0 aromatic carbocycles. The lowest BCUT2D eigenvalue weighted by Crippen LogP contribution is -2.41. The number of methoxy groups -OCH3 is 1. The van der Waals surface area contributed by atoms with Gasteiger partial charge in [0.1, 0.15) is 5.56 Å². The van der Waals surface area contributed by atoms with Gasteiger partial charge in [-0.25, -0.2) is 4.98 Å². The SMILES string of the molecule is COc1ncccc1C(=O)NCCN1CCOCC1. The second-order valence-electron chi connectivity index (χ2n) is 4.27. The molecular formula is C13H19N3O3. The van der Waals surface area contributed by atoms with Crippen LogP contribution in [0.15, 0.2) is 18.3 Å². The largest absolute Gasteiger partial charge is 0.480 e. The third-order valence-electron chi connectivity index (χ3n) is 3.03. The van der Waals surface area contributed by atoms with Gasteiger partial charge < -0.3 is 14.8 Å². The maximum absolute atomic E-state index is 12.0. The van der Waals surface area contributed by atoms with Crippen molar-refractivity contribution < 1.29 is 14.3 Å². The molecule has 0 aliphatic carbocycles. The molecule has 0 bridgehead atoms. The molecule has 1 fully saturated rings. The van der Waals surface area contributed by atoms with E-state index in [9.17, 15) is 4.79 Å². The summed E-state index contributed by atoms with van der Waals surface area (Å²) in [5.41, 5.74) is 0.465. The summed E-state index contributed by atoms with van der Waals surface area (Å²) in [6, 6.07) is 3.43. The topological polar surface area (TPSA) is 63.7 Å². The van der Waals surface area contributed by atoms with Crippen molar-refractivity contribution in [3.63, 3.8) is 0 Å². The molecule has 0 unspecified atom stereocenters. The standard InChI is InChI=1S/C13H19N3O3/c1-18-13-11(3-2-4-15-13)12(17)14-5-6-16-7-9-19-10-8-16/h2-4H,5-10H2,1H3,(H,14,17). The van der Waals surface area contributed by atoms with Gasteiger partial charge in [0, 0.05) is 32.4 Å². The Balaban J connectivity index is 1.80. The van der Waals surface area contributed by atoms with Gasteiger partial charge in [-0.1, -0.05) is 0 Å². The molecule has 6 nitrogen and oxygen atoms in total. The number of carbonyl (C=O) groups excluding carboxylic acids is 1. The number of morpholine rings is 1. The van der Waals surface area contributed by atoms with Gasteiger partial charge in [-0.05, 0) is 12.1 Å². The summed E-state index contributed by atoms with van der Waals surface area (Å²) in [6.45, 7) is 4.82. The highest BCUT2D eigenvalue weighted by Gasteiger charge is 2.13. The molecule has 2 heterocycles. The summed E-state index contributed by atoms with van der Waals surface area (Å²) >= 11 is 0. The van der Waals surface area contributed by atoms with E-state index in [2.05, 4.69) is 15.2 Å². The molecule has 6 heteroatoms. The minimum atomic E-state index is -0.154. The summed E-state index contributed by atoms with van der Waals surface area (Å²) in [7, 11) is 1.51. The summed E-state index contributed by atoms with van der Waals surface area (Å²) in [4.78, 5) is 18.3. The van der Waals surface area contributed by atoms with Crippen molar-refractivity contribution in [2.24, 2.45) is 0 Å². The molecule has 19 heavy (non-hydrogen) atoms. The van der Waals surface area contributed by atoms with Crippen LogP contribution in [0.1, 0.15) is 10.4 Å². The number of nitrogens with one attached hydrogen (secondary N) is 1. The number of nitrogens with zero attached hydrogens (tertiary/aromatic N) is 2. The van der Waals surface area contributed by atoms with Crippen LogP contribution in [0, 0.1) is 0 Å². The quantitative estimate of drug-likeness (QED) is 0.821. The van der Waals surface area contributed by atoms with E-state index in [0.29, 0.717) is 18.0 Å². The number of hydrogen-bond donors (Lipinski definition) is 1. The predicted molar refractivity (Wildman–Crippen MR) is 70.4 cm³/mol. The fourth-order valence-corrected chi connectivity index (χ4v) is 1.97. The number of ether oxygens (including phenoxy) is 2. The highest BCUT2D eigenvalue weighted by Crippen LogP contribution is 2.12. The van der Waals surface area contributed by atoms with Crippen LogP contribution >= 0.6 is 0 Å². The van der Waals surface area contributed by atoms with Gasteiger partial charge in [0.05, 0.1) is 20.3 Å². The Hall–Kier alpha value is -1.66. The molecular weight excluding hydrogens is 246 g/mol. The van der Waals surface area contributed by atoms with E-state index in [0.717, 1.165) is 32.8 Å². The van der Waals surface area contributed by atoms with E-state index in [1.165, 1.54) is 7.11 Å². The zero-order chi connectivity index (χ0) is 13.5. The highest BCUT2D eigenvalue weighted by atomic mass is 16.5. The Labute approximate surface area is 112 Å². The molecule has 104 valence electrons. The van der Waals surface area contributed by atoms with Crippen LogP contribution in [0.4, 0.5) is 0 Å². The first-order valence-corrected chi connectivity index (χ1v) is 6.38. The van der Waals surface area contributed by atoms with Gasteiger partial charge in [0.15, 0.2) is 0 Å². The smallest absolute Gasteiger partial charge is 0.256 e. The zero-order valence-corrected chi connectivity index (χ0v) is 11.1. The molecule has 1 aromatic rings. The van der Waals surface area contributed by atoms with E-state index in [4.69, 9.17) is 9.47 Å². The number of rotatable bonds is 5.